The maximum Gasteiger partial charge on any atom is 0.310 e. The van der Waals surface area contributed by atoms with Gasteiger partial charge in [-0.1, -0.05) is 30.3 Å². The molecule has 2 rings (SSSR count). The highest BCUT2D eigenvalue weighted by Crippen LogP contribution is 2.48. The summed E-state index contributed by atoms with van der Waals surface area (Å²) in [5.74, 6) is -3.31. The predicted octanol–water partition coefficient (Wildman–Crippen LogP) is 0.470. The standard InChI is InChI=1S/C12H13ClO4/c1-6(13)5-17-12(16)10-8-3-2-7(4-8)9(10)11(14)15/h2-3,7-10H,1,4-5H2,(H,14,15)/p-1. The van der Waals surface area contributed by atoms with E-state index in [1.54, 1.807) is 0 Å². The first-order valence-electron chi connectivity index (χ1n) is 5.40. The molecule has 5 heteroatoms. The molecule has 0 N–H and O–H groups in total. The Morgan fingerprint density at radius 1 is 1.35 bits per heavy atom. The third-order valence-corrected chi connectivity index (χ3v) is 3.48. The van der Waals surface area contributed by atoms with Gasteiger partial charge in [-0.15, -0.1) is 0 Å². The maximum absolute atomic E-state index is 11.8. The zero-order chi connectivity index (χ0) is 12.6. The van der Waals surface area contributed by atoms with E-state index < -0.39 is 23.8 Å². The van der Waals surface area contributed by atoms with Gasteiger partial charge < -0.3 is 14.6 Å². The molecule has 4 nitrogen and oxygen atoms in total. The summed E-state index contributed by atoms with van der Waals surface area (Å²) >= 11 is 5.49. The molecule has 17 heavy (non-hydrogen) atoms. The molecule has 2 bridgehead atoms. The molecule has 2 aliphatic carbocycles. The van der Waals surface area contributed by atoms with Gasteiger partial charge in [-0.25, -0.2) is 0 Å². The number of aliphatic carboxylic acids is 1. The second kappa shape index (κ2) is 4.53. The molecule has 4 unspecified atom stereocenters. The van der Waals surface area contributed by atoms with Crippen LogP contribution in [0.2, 0.25) is 0 Å². The average Bonchev–Trinajstić information content (AvgIpc) is 2.84. The Morgan fingerprint density at radius 2 is 1.94 bits per heavy atom. The number of halogens is 1. The third-order valence-electron chi connectivity index (χ3n) is 3.37. The van der Waals surface area contributed by atoms with Crippen LogP contribution in [0.15, 0.2) is 23.8 Å². The number of esters is 1. The summed E-state index contributed by atoms with van der Waals surface area (Å²) in [6.07, 6.45) is 4.40. The molecule has 1 fully saturated rings. The molecular formula is C12H12ClO4-. The molecule has 0 spiro atoms. The van der Waals surface area contributed by atoms with Gasteiger partial charge in [0.25, 0.3) is 0 Å². The Hall–Kier alpha value is -1.29. The third kappa shape index (κ3) is 2.22. The van der Waals surface area contributed by atoms with Crippen molar-refractivity contribution in [3.05, 3.63) is 23.8 Å². The van der Waals surface area contributed by atoms with Crippen molar-refractivity contribution in [3.8, 4) is 0 Å². The predicted molar refractivity (Wildman–Crippen MR) is 58.7 cm³/mol. The van der Waals surface area contributed by atoms with Crippen molar-refractivity contribution < 1.29 is 19.4 Å². The number of hydrogen-bond acceptors (Lipinski definition) is 4. The van der Waals surface area contributed by atoms with Crippen molar-refractivity contribution in [1.29, 1.82) is 0 Å². The molecule has 0 saturated heterocycles. The molecule has 0 amide bonds. The number of ether oxygens (including phenoxy) is 1. The van der Waals surface area contributed by atoms with Crippen molar-refractivity contribution in [2.45, 2.75) is 6.42 Å². The molecule has 0 aromatic rings. The number of carboxylic acids is 1. The van der Waals surface area contributed by atoms with Crippen LogP contribution in [-0.4, -0.2) is 18.5 Å². The summed E-state index contributed by atoms with van der Waals surface area (Å²) in [7, 11) is 0. The number of fused-ring (bicyclic) bond motifs is 2. The summed E-state index contributed by atoms with van der Waals surface area (Å²) in [4.78, 5) is 22.9. The Morgan fingerprint density at radius 3 is 2.47 bits per heavy atom. The van der Waals surface area contributed by atoms with Crippen LogP contribution in [-0.2, 0) is 14.3 Å². The Balaban J connectivity index is 2.08. The normalized spacial score (nSPS) is 33.7. The van der Waals surface area contributed by atoms with E-state index in [1.807, 2.05) is 12.2 Å². The summed E-state index contributed by atoms with van der Waals surface area (Å²) < 4.78 is 4.92. The molecule has 1 saturated carbocycles. The molecule has 2 aliphatic rings. The van der Waals surface area contributed by atoms with E-state index in [4.69, 9.17) is 16.3 Å². The van der Waals surface area contributed by atoms with Gasteiger partial charge in [-0.3, -0.25) is 4.79 Å². The Kier molecular flexibility index (Phi) is 3.24. The van der Waals surface area contributed by atoms with Crippen molar-refractivity contribution >= 4 is 23.5 Å². The summed E-state index contributed by atoms with van der Waals surface area (Å²) in [5.41, 5.74) is 0. The van der Waals surface area contributed by atoms with Crippen LogP contribution in [0.3, 0.4) is 0 Å². The topological polar surface area (TPSA) is 66.4 Å². The van der Waals surface area contributed by atoms with Gasteiger partial charge in [0.05, 0.1) is 5.92 Å². The van der Waals surface area contributed by atoms with Crippen LogP contribution in [0, 0.1) is 23.7 Å². The van der Waals surface area contributed by atoms with Crippen LogP contribution in [0.1, 0.15) is 6.42 Å². The van der Waals surface area contributed by atoms with E-state index in [1.165, 1.54) is 0 Å². The second-order valence-electron chi connectivity index (χ2n) is 4.44. The monoisotopic (exact) mass is 255 g/mol. The van der Waals surface area contributed by atoms with E-state index in [0.29, 0.717) is 6.42 Å². The highest BCUT2D eigenvalue weighted by molar-refractivity contribution is 6.29. The molecule has 0 aromatic carbocycles. The van der Waals surface area contributed by atoms with E-state index >= 15 is 0 Å². The van der Waals surface area contributed by atoms with Gasteiger partial charge in [0.2, 0.25) is 0 Å². The summed E-state index contributed by atoms with van der Waals surface area (Å²) in [6.45, 7) is 3.32. The van der Waals surface area contributed by atoms with E-state index in [9.17, 15) is 14.7 Å². The zero-order valence-electron chi connectivity index (χ0n) is 9.10. The first-order valence-corrected chi connectivity index (χ1v) is 5.77. The van der Waals surface area contributed by atoms with Gasteiger partial charge in [-0.2, -0.15) is 0 Å². The molecular weight excluding hydrogens is 244 g/mol. The fraction of sp³-hybridized carbons (Fsp3) is 0.500. The van der Waals surface area contributed by atoms with Crippen molar-refractivity contribution in [3.63, 3.8) is 0 Å². The van der Waals surface area contributed by atoms with Gasteiger partial charge in [0.15, 0.2) is 0 Å². The van der Waals surface area contributed by atoms with Crippen LogP contribution in [0.25, 0.3) is 0 Å². The van der Waals surface area contributed by atoms with Gasteiger partial charge in [0, 0.05) is 16.9 Å². The SMILES string of the molecule is C=C(Cl)COC(=O)C1C2C=CC(C2)C1C(=O)[O-]. The number of carboxylic acid groups (broad SMARTS) is 1. The fourth-order valence-electron chi connectivity index (χ4n) is 2.71. The van der Waals surface area contributed by atoms with Gasteiger partial charge in [-0.05, 0) is 18.3 Å². The lowest BCUT2D eigenvalue weighted by Crippen LogP contribution is -2.41. The Bertz CT molecular complexity index is 401. The molecule has 92 valence electrons. The van der Waals surface area contributed by atoms with Crippen molar-refractivity contribution in [1.82, 2.24) is 0 Å². The molecule has 0 aliphatic heterocycles. The lowest BCUT2D eigenvalue weighted by molar-refractivity contribution is -0.314. The van der Waals surface area contributed by atoms with Gasteiger partial charge >= 0.3 is 5.97 Å². The lowest BCUT2D eigenvalue weighted by atomic mass is 9.83. The first-order chi connectivity index (χ1) is 8.00. The highest BCUT2D eigenvalue weighted by Gasteiger charge is 2.49. The summed E-state index contributed by atoms with van der Waals surface area (Å²) in [6, 6.07) is 0. The zero-order valence-corrected chi connectivity index (χ0v) is 9.85. The second-order valence-corrected chi connectivity index (χ2v) is 4.98. The molecule has 0 heterocycles. The molecule has 0 radical (unpaired) electrons. The minimum Gasteiger partial charge on any atom is -0.550 e. The van der Waals surface area contributed by atoms with Gasteiger partial charge in [0.1, 0.15) is 6.61 Å². The van der Waals surface area contributed by atoms with E-state index in [2.05, 4.69) is 6.58 Å². The summed E-state index contributed by atoms with van der Waals surface area (Å²) in [5, 5.41) is 11.3. The number of rotatable bonds is 4. The van der Waals surface area contributed by atoms with Crippen molar-refractivity contribution in [2.24, 2.45) is 23.7 Å². The van der Waals surface area contributed by atoms with Crippen LogP contribution >= 0.6 is 11.6 Å². The maximum atomic E-state index is 11.8. The fourth-order valence-corrected chi connectivity index (χ4v) is 2.77. The lowest BCUT2D eigenvalue weighted by Gasteiger charge is -2.26. The minimum atomic E-state index is -1.19. The molecule has 0 aromatic heterocycles. The van der Waals surface area contributed by atoms with Crippen LogP contribution < -0.4 is 5.11 Å². The average molecular weight is 256 g/mol. The number of hydrogen-bond donors (Lipinski definition) is 0. The van der Waals surface area contributed by atoms with Crippen molar-refractivity contribution in [2.75, 3.05) is 6.61 Å². The Labute approximate surface area is 104 Å². The number of carbonyl (C=O) groups excluding carboxylic acids is 2. The van der Waals surface area contributed by atoms with Crippen LogP contribution in [0.4, 0.5) is 0 Å². The first kappa shape index (κ1) is 12.2. The number of carbonyl (C=O) groups is 2. The largest absolute Gasteiger partial charge is 0.550 e. The quantitative estimate of drug-likeness (QED) is 0.541. The van der Waals surface area contributed by atoms with E-state index in [0.717, 1.165) is 0 Å². The number of allylic oxidation sites excluding steroid dienone is 2. The highest BCUT2D eigenvalue weighted by atomic mass is 35.5. The van der Waals surface area contributed by atoms with Crippen LogP contribution in [0.5, 0.6) is 0 Å². The van der Waals surface area contributed by atoms with E-state index in [-0.39, 0.29) is 23.5 Å². The smallest absolute Gasteiger partial charge is 0.310 e. The minimum absolute atomic E-state index is 0.0565. The molecule has 4 atom stereocenters.